The van der Waals surface area contributed by atoms with Gasteiger partial charge in [-0.2, -0.15) is 11.3 Å². The van der Waals surface area contributed by atoms with Crippen molar-refractivity contribution in [1.82, 2.24) is 15.5 Å². The van der Waals surface area contributed by atoms with Crippen LogP contribution in [0.25, 0.3) is 0 Å². The van der Waals surface area contributed by atoms with Gasteiger partial charge in [0.2, 0.25) is 0 Å². The molecule has 4 unspecified atom stereocenters. The third kappa shape index (κ3) is 5.08. The van der Waals surface area contributed by atoms with Gasteiger partial charge in [0.25, 0.3) is 0 Å². The minimum Gasteiger partial charge on any atom is -0.373 e. The molecular formula is C18H31IN4OS. The third-order valence-corrected chi connectivity index (χ3v) is 6.00. The molecule has 0 amide bonds. The van der Waals surface area contributed by atoms with Crippen molar-refractivity contribution in [3.05, 3.63) is 22.4 Å². The van der Waals surface area contributed by atoms with Crippen molar-refractivity contribution in [3.8, 4) is 0 Å². The fourth-order valence-electron chi connectivity index (χ4n) is 3.94. The maximum Gasteiger partial charge on any atom is 0.191 e. The Bertz CT molecular complexity index is 535. The summed E-state index contributed by atoms with van der Waals surface area (Å²) in [7, 11) is 1.85. The van der Waals surface area contributed by atoms with E-state index in [4.69, 9.17) is 4.74 Å². The van der Waals surface area contributed by atoms with Gasteiger partial charge in [-0.3, -0.25) is 9.89 Å². The fourth-order valence-corrected chi connectivity index (χ4v) is 4.65. The van der Waals surface area contributed by atoms with Gasteiger partial charge in [0.1, 0.15) is 0 Å². The molecule has 142 valence electrons. The lowest BCUT2D eigenvalue weighted by Crippen LogP contribution is -2.49. The molecule has 25 heavy (non-hydrogen) atoms. The number of ether oxygens (including phenoxy) is 1. The van der Waals surface area contributed by atoms with Crippen LogP contribution in [0.3, 0.4) is 0 Å². The topological polar surface area (TPSA) is 48.9 Å². The van der Waals surface area contributed by atoms with E-state index < -0.39 is 0 Å². The zero-order valence-corrected chi connectivity index (χ0v) is 18.6. The standard InChI is InChI=1S/C18H30N4OS.HI/c1-4-22(5-2)16(13-8-9-24-12-13)11-20-18(19-3)21-15-10-14-6-7-17(15)23-14;/h8-9,12,14-17H,4-7,10-11H2,1-3H3,(H2,19,20,21);1H. The monoisotopic (exact) mass is 478 g/mol. The lowest BCUT2D eigenvalue weighted by atomic mass is 9.96. The average Bonchev–Trinajstić information content (AvgIpc) is 3.35. The Balaban J connectivity index is 0.00000225. The van der Waals surface area contributed by atoms with E-state index in [9.17, 15) is 0 Å². The lowest BCUT2D eigenvalue weighted by Gasteiger charge is -2.30. The first-order chi connectivity index (χ1) is 11.7. The molecule has 2 N–H and O–H groups in total. The van der Waals surface area contributed by atoms with Crippen molar-refractivity contribution in [2.75, 3.05) is 26.7 Å². The smallest absolute Gasteiger partial charge is 0.191 e. The molecule has 7 heteroatoms. The summed E-state index contributed by atoms with van der Waals surface area (Å²) in [5.41, 5.74) is 1.38. The number of rotatable bonds is 7. The second-order valence-corrected chi connectivity index (χ2v) is 7.39. The maximum atomic E-state index is 5.94. The largest absolute Gasteiger partial charge is 0.373 e. The molecule has 0 spiro atoms. The highest BCUT2D eigenvalue weighted by atomic mass is 127. The summed E-state index contributed by atoms with van der Waals surface area (Å²) in [6.45, 7) is 7.40. The number of nitrogens with one attached hydrogen (secondary N) is 2. The van der Waals surface area contributed by atoms with E-state index in [1.54, 1.807) is 11.3 Å². The number of nitrogens with zero attached hydrogens (tertiary/aromatic N) is 2. The number of thiophene rings is 1. The van der Waals surface area contributed by atoms with Crippen molar-refractivity contribution >= 4 is 41.3 Å². The summed E-state index contributed by atoms with van der Waals surface area (Å²) in [5.74, 6) is 0.892. The van der Waals surface area contributed by atoms with E-state index in [1.807, 2.05) is 7.05 Å². The van der Waals surface area contributed by atoms with Crippen molar-refractivity contribution in [1.29, 1.82) is 0 Å². The quantitative estimate of drug-likeness (QED) is 0.359. The minimum absolute atomic E-state index is 0. The van der Waals surface area contributed by atoms with E-state index in [-0.39, 0.29) is 24.0 Å². The van der Waals surface area contributed by atoms with Crippen molar-refractivity contribution in [2.45, 2.75) is 57.4 Å². The van der Waals surface area contributed by atoms with Crippen molar-refractivity contribution in [3.63, 3.8) is 0 Å². The first kappa shape index (κ1) is 20.9. The summed E-state index contributed by atoms with van der Waals surface area (Å²) < 4.78 is 5.94. The fraction of sp³-hybridized carbons (Fsp3) is 0.722. The highest BCUT2D eigenvalue weighted by Gasteiger charge is 2.41. The van der Waals surface area contributed by atoms with Crippen LogP contribution >= 0.6 is 35.3 Å². The number of hydrogen-bond donors (Lipinski definition) is 2. The number of likely N-dealkylation sites (N-methyl/N-ethyl adjacent to an activating group) is 1. The number of aliphatic imine (C=N–C) groups is 1. The van der Waals surface area contributed by atoms with Crippen molar-refractivity contribution < 1.29 is 4.74 Å². The summed E-state index contributed by atoms with van der Waals surface area (Å²) in [4.78, 5) is 6.91. The van der Waals surface area contributed by atoms with Crippen LogP contribution in [0.2, 0.25) is 0 Å². The van der Waals surface area contributed by atoms with Crippen molar-refractivity contribution in [2.24, 2.45) is 4.99 Å². The van der Waals surface area contributed by atoms with Gasteiger partial charge in [-0.1, -0.05) is 13.8 Å². The average molecular weight is 478 g/mol. The predicted octanol–water partition coefficient (Wildman–Crippen LogP) is 3.23. The van der Waals surface area contributed by atoms with E-state index in [1.165, 1.54) is 18.4 Å². The molecular weight excluding hydrogens is 447 g/mol. The van der Waals surface area contributed by atoms with Gasteiger partial charge >= 0.3 is 0 Å². The maximum absolute atomic E-state index is 5.94. The van der Waals surface area contributed by atoms with Crippen LogP contribution in [0, 0.1) is 0 Å². The zero-order valence-electron chi connectivity index (χ0n) is 15.4. The van der Waals surface area contributed by atoms with Gasteiger partial charge in [0, 0.05) is 13.6 Å². The Kier molecular flexibility index (Phi) is 8.44. The molecule has 4 atom stereocenters. The van der Waals surface area contributed by atoms with E-state index in [2.05, 4.69) is 51.2 Å². The molecule has 2 fully saturated rings. The molecule has 1 aromatic rings. The first-order valence-electron chi connectivity index (χ1n) is 9.13. The van der Waals surface area contributed by atoms with E-state index >= 15 is 0 Å². The molecule has 0 aliphatic carbocycles. The molecule has 3 rings (SSSR count). The summed E-state index contributed by atoms with van der Waals surface area (Å²) in [5, 5.41) is 11.5. The number of halogens is 1. The molecule has 3 heterocycles. The second-order valence-electron chi connectivity index (χ2n) is 6.61. The highest BCUT2D eigenvalue weighted by Crippen LogP contribution is 2.34. The van der Waals surface area contributed by atoms with Crippen LogP contribution in [-0.2, 0) is 4.74 Å². The molecule has 5 nitrogen and oxygen atoms in total. The van der Waals surface area contributed by atoms with Gasteiger partial charge < -0.3 is 15.4 Å². The first-order valence-corrected chi connectivity index (χ1v) is 10.1. The molecule has 0 aromatic carbocycles. The van der Waals surface area contributed by atoms with Gasteiger partial charge in [-0.25, -0.2) is 0 Å². The van der Waals surface area contributed by atoms with E-state index in [0.29, 0.717) is 24.3 Å². The minimum atomic E-state index is 0. The summed E-state index contributed by atoms with van der Waals surface area (Å²) in [6, 6.07) is 3.01. The number of hydrogen-bond acceptors (Lipinski definition) is 4. The Hall–Kier alpha value is -0.380. The predicted molar refractivity (Wildman–Crippen MR) is 116 cm³/mol. The number of guanidine groups is 1. The van der Waals surface area contributed by atoms with Gasteiger partial charge in [-0.15, -0.1) is 24.0 Å². The van der Waals surface area contributed by atoms with Crippen LogP contribution in [0.15, 0.2) is 21.8 Å². The number of fused-ring (bicyclic) bond motifs is 2. The summed E-state index contributed by atoms with van der Waals surface area (Å²) >= 11 is 1.76. The summed E-state index contributed by atoms with van der Waals surface area (Å²) in [6.07, 6.45) is 4.33. The van der Waals surface area contributed by atoms with Gasteiger partial charge in [0.05, 0.1) is 24.3 Å². The second kappa shape index (κ2) is 10.1. The van der Waals surface area contributed by atoms with E-state index in [0.717, 1.165) is 32.0 Å². The Morgan fingerprint density at radius 1 is 1.40 bits per heavy atom. The Labute approximate surface area is 172 Å². The molecule has 2 aliphatic heterocycles. The van der Waals surface area contributed by atoms with Crippen LogP contribution in [0.5, 0.6) is 0 Å². The molecule has 0 saturated carbocycles. The molecule has 2 aliphatic rings. The van der Waals surface area contributed by atoms with Crippen LogP contribution < -0.4 is 10.6 Å². The lowest BCUT2D eigenvalue weighted by molar-refractivity contribution is 0.0992. The molecule has 0 radical (unpaired) electrons. The van der Waals surface area contributed by atoms with Crippen LogP contribution in [-0.4, -0.2) is 55.8 Å². The Morgan fingerprint density at radius 3 is 2.72 bits per heavy atom. The normalized spacial score (nSPS) is 26.6. The molecule has 1 aromatic heterocycles. The zero-order chi connectivity index (χ0) is 16.9. The van der Waals surface area contributed by atoms with Crippen LogP contribution in [0.1, 0.15) is 44.7 Å². The molecule has 2 saturated heterocycles. The van der Waals surface area contributed by atoms with Crippen LogP contribution in [0.4, 0.5) is 0 Å². The third-order valence-electron chi connectivity index (χ3n) is 5.30. The van der Waals surface area contributed by atoms with Gasteiger partial charge in [-0.05, 0) is 54.7 Å². The van der Waals surface area contributed by atoms with Gasteiger partial charge in [0.15, 0.2) is 5.96 Å². The highest BCUT2D eigenvalue weighted by molar-refractivity contribution is 14.0. The SMILES string of the molecule is CCN(CC)C(CNC(=NC)NC1CC2CCC1O2)c1ccsc1.I. The molecule has 2 bridgehead atoms. The Morgan fingerprint density at radius 2 is 2.20 bits per heavy atom.